The summed E-state index contributed by atoms with van der Waals surface area (Å²) >= 11 is 0. The largest absolute Gasteiger partial charge is 0.456 e. The first-order valence-electron chi connectivity index (χ1n) is 21.6. The van der Waals surface area contributed by atoms with Crippen molar-refractivity contribution in [2.75, 3.05) is 0 Å². The minimum atomic E-state index is 0.680. The Morgan fingerprint density at radius 3 is 1.48 bits per heavy atom. The molecule has 0 aliphatic rings. The summed E-state index contributed by atoms with van der Waals surface area (Å²) in [6.07, 6.45) is 0. The predicted molar refractivity (Wildman–Crippen MR) is 265 cm³/mol. The van der Waals surface area contributed by atoms with Crippen LogP contribution in [0.4, 0.5) is 0 Å². The molecule has 290 valence electrons. The van der Waals surface area contributed by atoms with Crippen molar-refractivity contribution in [1.82, 2.24) is 9.97 Å². The van der Waals surface area contributed by atoms with Crippen LogP contribution in [0.25, 0.3) is 142 Å². The molecule has 3 nitrogen and oxygen atoms in total. The van der Waals surface area contributed by atoms with Crippen LogP contribution in [-0.4, -0.2) is 9.97 Å². The maximum atomic E-state index is 6.34. The lowest BCUT2D eigenvalue weighted by molar-refractivity contribution is 0.669. The standard InChI is InChI=1S/C60H34N2O/c1-2-12-38(13-3-1)60-61-51(34-52(62-60)48-23-11-25-54-59(48)49-19-6-7-24-53(49)63-54)44-31-30-41(42-17-4-5-18-43(42)44)40-32-39-29-28-37-15-9-21-46-45-20-8-14-35-26-27-36-16-10-22-47(57(36)55(35)45)50(33-40)58(39)56(37)46/h1-34H. The van der Waals surface area contributed by atoms with E-state index in [1.54, 1.807) is 0 Å². The van der Waals surface area contributed by atoms with Gasteiger partial charge in [-0.25, -0.2) is 9.97 Å². The molecule has 0 bridgehead atoms. The minimum Gasteiger partial charge on any atom is -0.456 e. The topological polar surface area (TPSA) is 38.9 Å². The highest BCUT2D eigenvalue weighted by atomic mass is 16.3. The molecule has 63 heavy (non-hydrogen) atoms. The second-order valence-corrected chi connectivity index (χ2v) is 16.8. The molecule has 0 atom stereocenters. The van der Waals surface area contributed by atoms with Gasteiger partial charge in [0.1, 0.15) is 11.2 Å². The Kier molecular flexibility index (Phi) is 7.11. The third-order valence-electron chi connectivity index (χ3n) is 13.4. The predicted octanol–water partition coefficient (Wildman–Crippen LogP) is 16.6. The molecule has 0 saturated heterocycles. The molecule has 2 heterocycles. The Morgan fingerprint density at radius 1 is 0.270 bits per heavy atom. The number of benzene rings is 11. The van der Waals surface area contributed by atoms with Crippen LogP contribution in [0.3, 0.4) is 0 Å². The van der Waals surface area contributed by atoms with Gasteiger partial charge < -0.3 is 4.42 Å². The highest BCUT2D eigenvalue weighted by molar-refractivity contribution is 6.37. The molecule has 0 aliphatic heterocycles. The first-order chi connectivity index (χ1) is 31.2. The number of hydrogen-bond donors (Lipinski definition) is 0. The van der Waals surface area contributed by atoms with Crippen LogP contribution in [0.5, 0.6) is 0 Å². The first-order valence-corrected chi connectivity index (χ1v) is 21.6. The normalized spacial score (nSPS) is 12.1. The van der Waals surface area contributed by atoms with Gasteiger partial charge in [0.15, 0.2) is 5.82 Å². The van der Waals surface area contributed by atoms with Gasteiger partial charge in [-0.3, -0.25) is 0 Å². The van der Waals surface area contributed by atoms with Crippen LogP contribution in [0.1, 0.15) is 0 Å². The van der Waals surface area contributed by atoms with Crippen LogP contribution < -0.4 is 0 Å². The average Bonchev–Trinajstić information content (AvgIpc) is 3.74. The van der Waals surface area contributed by atoms with Gasteiger partial charge in [-0.2, -0.15) is 0 Å². The van der Waals surface area contributed by atoms with E-state index in [4.69, 9.17) is 14.4 Å². The first kappa shape index (κ1) is 34.3. The molecule has 14 aromatic rings. The molecule has 0 saturated carbocycles. The maximum absolute atomic E-state index is 6.34. The Morgan fingerprint density at radius 2 is 0.778 bits per heavy atom. The summed E-state index contributed by atoms with van der Waals surface area (Å²) in [5.74, 6) is 0.680. The van der Waals surface area contributed by atoms with Crippen molar-refractivity contribution < 1.29 is 4.42 Å². The van der Waals surface area contributed by atoms with E-state index in [-0.39, 0.29) is 0 Å². The fourth-order valence-electron chi connectivity index (χ4n) is 10.6. The highest BCUT2D eigenvalue weighted by Crippen LogP contribution is 2.46. The summed E-state index contributed by atoms with van der Waals surface area (Å²) in [7, 11) is 0. The Hall–Kier alpha value is -8.40. The van der Waals surface area contributed by atoms with Crippen LogP contribution in [0.15, 0.2) is 211 Å². The van der Waals surface area contributed by atoms with Crippen molar-refractivity contribution in [1.29, 1.82) is 0 Å². The zero-order valence-corrected chi connectivity index (χ0v) is 33.9. The molecule has 12 aromatic carbocycles. The quantitative estimate of drug-likeness (QED) is 0.167. The molecule has 0 unspecified atom stereocenters. The van der Waals surface area contributed by atoms with E-state index >= 15 is 0 Å². The summed E-state index contributed by atoms with van der Waals surface area (Å²) in [4.78, 5) is 10.6. The summed E-state index contributed by atoms with van der Waals surface area (Å²) in [5.41, 5.74) is 8.81. The van der Waals surface area contributed by atoms with Gasteiger partial charge >= 0.3 is 0 Å². The second-order valence-electron chi connectivity index (χ2n) is 16.8. The van der Waals surface area contributed by atoms with Gasteiger partial charge in [0.2, 0.25) is 0 Å². The van der Waals surface area contributed by atoms with Gasteiger partial charge in [-0.05, 0) is 117 Å². The van der Waals surface area contributed by atoms with Gasteiger partial charge in [0.25, 0.3) is 0 Å². The summed E-state index contributed by atoms with van der Waals surface area (Å²) in [5, 5.41) is 19.8. The summed E-state index contributed by atoms with van der Waals surface area (Å²) < 4.78 is 6.34. The molecular formula is C60H34N2O. The number of furan rings is 1. The van der Waals surface area contributed by atoms with Gasteiger partial charge in [0.05, 0.1) is 11.4 Å². The molecule has 3 heteroatoms. The third kappa shape index (κ3) is 5.02. The smallest absolute Gasteiger partial charge is 0.160 e. The zero-order chi connectivity index (χ0) is 41.2. The van der Waals surface area contributed by atoms with Crippen molar-refractivity contribution >= 4 is 97.3 Å². The van der Waals surface area contributed by atoms with Gasteiger partial charge in [0, 0.05) is 27.5 Å². The Bertz CT molecular complexity index is 4200. The van der Waals surface area contributed by atoms with Crippen molar-refractivity contribution in [3.63, 3.8) is 0 Å². The van der Waals surface area contributed by atoms with E-state index in [0.717, 1.165) is 55.4 Å². The van der Waals surface area contributed by atoms with E-state index < -0.39 is 0 Å². The minimum absolute atomic E-state index is 0.680. The molecule has 0 aliphatic carbocycles. The Labute approximate surface area is 361 Å². The van der Waals surface area contributed by atoms with Crippen LogP contribution >= 0.6 is 0 Å². The molecule has 0 spiro atoms. The third-order valence-corrected chi connectivity index (χ3v) is 13.4. The molecule has 14 rings (SSSR count). The van der Waals surface area contributed by atoms with Crippen LogP contribution in [-0.2, 0) is 0 Å². The van der Waals surface area contributed by atoms with Crippen molar-refractivity contribution in [2.45, 2.75) is 0 Å². The SMILES string of the molecule is c1ccc(-c2nc(-c3ccc(-c4cc5ccc6cccc7c8cccc9ccc%10cccc(c(c4)c5c67)c%10c98)c4ccccc34)cc(-c3cccc4oc5ccccc5c34)n2)cc1. The van der Waals surface area contributed by atoms with Gasteiger partial charge in [-0.1, -0.05) is 176 Å². The number of aromatic nitrogens is 2. The average molecular weight is 799 g/mol. The lowest BCUT2D eigenvalue weighted by atomic mass is 9.86. The van der Waals surface area contributed by atoms with E-state index in [1.807, 2.05) is 36.4 Å². The molecule has 0 amide bonds. The second kappa shape index (κ2) is 13.1. The lowest BCUT2D eigenvalue weighted by Gasteiger charge is -2.18. The Balaban J connectivity index is 1.04. The van der Waals surface area contributed by atoms with Crippen molar-refractivity contribution in [2.24, 2.45) is 0 Å². The number of hydrogen-bond acceptors (Lipinski definition) is 3. The summed E-state index contributed by atoms with van der Waals surface area (Å²) in [6.45, 7) is 0. The van der Waals surface area contributed by atoms with Gasteiger partial charge in [-0.15, -0.1) is 0 Å². The number of para-hydroxylation sites is 1. The van der Waals surface area contributed by atoms with E-state index in [2.05, 4.69) is 170 Å². The van der Waals surface area contributed by atoms with Crippen LogP contribution in [0, 0.1) is 0 Å². The zero-order valence-electron chi connectivity index (χ0n) is 33.9. The fraction of sp³-hybridized carbons (Fsp3) is 0. The molecule has 0 radical (unpaired) electrons. The monoisotopic (exact) mass is 798 g/mol. The summed E-state index contributed by atoms with van der Waals surface area (Å²) in [6, 6.07) is 74.7. The molecular weight excluding hydrogens is 765 g/mol. The molecule has 0 fully saturated rings. The highest BCUT2D eigenvalue weighted by Gasteiger charge is 2.20. The molecule has 0 N–H and O–H groups in total. The van der Waals surface area contributed by atoms with Crippen LogP contribution in [0.2, 0.25) is 0 Å². The number of rotatable bonds is 4. The maximum Gasteiger partial charge on any atom is 0.160 e. The fourth-order valence-corrected chi connectivity index (χ4v) is 10.6. The van der Waals surface area contributed by atoms with E-state index in [0.29, 0.717) is 5.82 Å². The number of nitrogens with zero attached hydrogens (tertiary/aromatic N) is 2. The number of fused-ring (bicyclic) bond motifs is 6. The van der Waals surface area contributed by atoms with Crippen molar-refractivity contribution in [3.05, 3.63) is 206 Å². The van der Waals surface area contributed by atoms with Crippen molar-refractivity contribution in [3.8, 4) is 45.0 Å². The van der Waals surface area contributed by atoms with E-state index in [9.17, 15) is 0 Å². The lowest BCUT2D eigenvalue weighted by Crippen LogP contribution is -1.97. The molecule has 2 aromatic heterocycles. The van der Waals surface area contributed by atoms with E-state index in [1.165, 1.54) is 81.1 Å².